The minimum Gasteiger partial charge on any atom is -0.480 e. The minimum atomic E-state index is -1.36. The van der Waals surface area contributed by atoms with E-state index in [2.05, 4.69) is 22.8 Å². The fraction of sp³-hybridized carbons (Fsp3) is 0.444. The number of amides is 2. The van der Waals surface area contributed by atoms with Crippen LogP contribution in [0.25, 0.3) is 11.1 Å². The monoisotopic (exact) mass is 482 g/mol. The van der Waals surface area contributed by atoms with Crippen LogP contribution in [0.4, 0.5) is 4.79 Å². The molecule has 0 radical (unpaired) electrons. The Labute approximate surface area is 206 Å². The van der Waals surface area contributed by atoms with Crippen molar-refractivity contribution in [1.29, 1.82) is 0 Å². The molecule has 0 fully saturated rings. The molecule has 1 unspecified atom stereocenters. The molecule has 0 bridgehead atoms. The van der Waals surface area contributed by atoms with E-state index < -0.39 is 35.2 Å². The lowest BCUT2D eigenvalue weighted by Gasteiger charge is -2.30. The lowest BCUT2D eigenvalue weighted by Crippen LogP contribution is -2.60. The van der Waals surface area contributed by atoms with E-state index in [0.717, 1.165) is 22.3 Å². The van der Waals surface area contributed by atoms with Crippen LogP contribution in [-0.2, 0) is 19.1 Å². The number of fused-ring (bicyclic) bond motifs is 3. The van der Waals surface area contributed by atoms with E-state index in [9.17, 15) is 19.5 Å². The summed E-state index contributed by atoms with van der Waals surface area (Å²) in [5, 5.41) is 14.6. The van der Waals surface area contributed by atoms with E-state index in [0.29, 0.717) is 0 Å². The summed E-state index contributed by atoms with van der Waals surface area (Å²) in [5.74, 6) is -1.96. The number of hydrogen-bond donors (Lipinski definition) is 3. The molecule has 2 aromatic carbocycles. The molecule has 8 nitrogen and oxygen atoms in total. The predicted molar refractivity (Wildman–Crippen MR) is 132 cm³/mol. The van der Waals surface area contributed by atoms with Gasteiger partial charge in [-0.25, -0.2) is 9.59 Å². The third-order valence-electron chi connectivity index (χ3n) is 6.22. The second kappa shape index (κ2) is 10.5. The summed E-state index contributed by atoms with van der Waals surface area (Å²) in [6.45, 7) is 8.56. The smallest absolute Gasteiger partial charge is 0.408 e. The number of benzene rings is 2. The first kappa shape index (κ1) is 26.2. The van der Waals surface area contributed by atoms with Gasteiger partial charge in [0.25, 0.3) is 0 Å². The van der Waals surface area contributed by atoms with Crippen LogP contribution in [0.5, 0.6) is 0 Å². The lowest BCUT2D eigenvalue weighted by molar-refractivity contribution is -0.146. The summed E-state index contributed by atoms with van der Waals surface area (Å²) in [6, 6.07) is 14.8. The topological polar surface area (TPSA) is 114 Å². The number of ether oxygens (including phenoxy) is 2. The number of alkyl carbamates (subject to hydrolysis) is 1. The molecule has 3 N–H and O–H groups in total. The second-order valence-corrected chi connectivity index (χ2v) is 9.92. The Morgan fingerprint density at radius 1 is 0.971 bits per heavy atom. The normalized spacial score (nSPS) is 15.3. The molecule has 35 heavy (non-hydrogen) atoms. The van der Waals surface area contributed by atoms with Crippen LogP contribution < -0.4 is 10.6 Å². The summed E-state index contributed by atoms with van der Waals surface area (Å²) >= 11 is 0. The first-order valence-electron chi connectivity index (χ1n) is 11.8. The number of hydrogen-bond acceptors (Lipinski definition) is 5. The van der Waals surface area contributed by atoms with Gasteiger partial charge in [0.15, 0.2) is 6.04 Å². The Bertz CT molecular complexity index is 1050. The van der Waals surface area contributed by atoms with Crippen molar-refractivity contribution in [2.24, 2.45) is 0 Å². The van der Waals surface area contributed by atoms with Crippen molar-refractivity contribution >= 4 is 18.0 Å². The number of carboxylic acids is 1. The molecule has 0 saturated carbocycles. The summed E-state index contributed by atoms with van der Waals surface area (Å²) in [7, 11) is 0. The first-order chi connectivity index (χ1) is 16.4. The summed E-state index contributed by atoms with van der Waals surface area (Å²) in [6.07, 6.45) is -0.514. The van der Waals surface area contributed by atoms with Gasteiger partial charge in [-0.3, -0.25) is 4.79 Å². The van der Waals surface area contributed by atoms with E-state index in [4.69, 9.17) is 9.47 Å². The Hall–Kier alpha value is -3.39. The van der Waals surface area contributed by atoms with Crippen LogP contribution in [0, 0.1) is 0 Å². The molecule has 0 aliphatic heterocycles. The van der Waals surface area contributed by atoms with Crippen molar-refractivity contribution in [3.63, 3.8) is 0 Å². The van der Waals surface area contributed by atoms with E-state index in [1.165, 1.54) is 6.92 Å². The molecule has 1 aliphatic rings. The van der Waals surface area contributed by atoms with E-state index in [1.807, 2.05) is 36.4 Å². The van der Waals surface area contributed by atoms with Gasteiger partial charge in [0.2, 0.25) is 5.91 Å². The maximum atomic E-state index is 13.0. The number of aliphatic carboxylic acids is 1. The second-order valence-electron chi connectivity index (χ2n) is 9.92. The van der Waals surface area contributed by atoms with Gasteiger partial charge in [-0.2, -0.15) is 0 Å². The van der Waals surface area contributed by atoms with Gasteiger partial charge in [-0.05, 0) is 56.4 Å². The fourth-order valence-corrected chi connectivity index (χ4v) is 3.99. The Kier molecular flexibility index (Phi) is 7.85. The maximum Gasteiger partial charge on any atom is 0.408 e. The van der Waals surface area contributed by atoms with E-state index in [1.54, 1.807) is 27.7 Å². The van der Waals surface area contributed by atoms with E-state index in [-0.39, 0.29) is 25.6 Å². The van der Waals surface area contributed by atoms with Gasteiger partial charge in [0.1, 0.15) is 12.1 Å². The molecular weight excluding hydrogens is 448 g/mol. The standard InChI is InChI=1S/C27H34N2O6/c1-6-27(5,24(32)28-22(23(30)31)16-35-26(2,3)4)29-25(33)34-15-21-19-13-9-7-11-17(19)18-12-8-10-14-20(18)21/h7-14,21-22H,6,15-16H2,1-5H3,(H,28,32)(H,29,33)(H,30,31)/t22-,27?/m0/s1. The van der Waals surface area contributed by atoms with Crippen molar-refractivity contribution in [3.05, 3.63) is 59.7 Å². The van der Waals surface area contributed by atoms with Crippen LogP contribution in [-0.4, -0.2) is 53.5 Å². The van der Waals surface area contributed by atoms with Crippen LogP contribution in [0.3, 0.4) is 0 Å². The molecule has 3 rings (SSSR count). The average Bonchev–Trinajstić information content (AvgIpc) is 3.13. The SMILES string of the molecule is CCC(C)(NC(=O)OCC1c2ccccc2-c2ccccc21)C(=O)N[C@@H](COC(C)(C)C)C(=O)O. The molecule has 0 heterocycles. The molecule has 2 atom stereocenters. The van der Waals surface area contributed by atoms with Crippen molar-refractivity contribution in [1.82, 2.24) is 10.6 Å². The maximum absolute atomic E-state index is 13.0. The van der Waals surface area contributed by atoms with Gasteiger partial charge < -0.3 is 25.2 Å². The molecule has 2 aromatic rings. The van der Waals surface area contributed by atoms with E-state index >= 15 is 0 Å². The minimum absolute atomic E-state index is 0.110. The van der Waals surface area contributed by atoms with Crippen LogP contribution in [0.15, 0.2) is 48.5 Å². The summed E-state index contributed by atoms with van der Waals surface area (Å²) in [4.78, 5) is 37.3. The number of nitrogens with one attached hydrogen (secondary N) is 2. The Morgan fingerprint density at radius 3 is 2.00 bits per heavy atom. The van der Waals surface area contributed by atoms with Gasteiger partial charge in [-0.15, -0.1) is 0 Å². The van der Waals surface area contributed by atoms with Crippen molar-refractivity contribution in [2.45, 2.75) is 64.1 Å². The molecule has 2 amide bonds. The quantitative estimate of drug-likeness (QED) is 0.496. The van der Waals surface area contributed by atoms with Gasteiger partial charge in [0.05, 0.1) is 12.2 Å². The first-order valence-corrected chi connectivity index (χ1v) is 11.8. The Morgan fingerprint density at radius 2 is 1.51 bits per heavy atom. The molecule has 188 valence electrons. The van der Waals surface area contributed by atoms with Crippen molar-refractivity contribution in [3.8, 4) is 11.1 Å². The number of carbonyl (C=O) groups excluding carboxylic acids is 2. The fourth-order valence-electron chi connectivity index (χ4n) is 3.99. The highest BCUT2D eigenvalue weighted by molar-refractivity contribution is 5.92. The predicted octanol–water partition coefficient (Wildman–Crippen LogP) is 4.08. The zero-order chi connectivity index (χ0) is 25.8. The highest BCUT2D eigenvalue weighted by Crippen LogP contribution is 2.44. The molecular formula is C27H34N2O6. The lowest BCUT2D eigenvalue weighted by atomic mass is 9.97. The highest BCUT2D eigenvalue weighted by Gasteiger charge is 2.37. The highest BCUT2D eigenvalue weighted by atomic mass is 16.5. The third kappa shape index (κ3) is 6.19. The number of rotatable bonds is 9. The summed E-state index contributed by atoms with van der Waals surface area (Å²) in [5.41, 5.74) is 2.48. The van der Waals surface area contributed by atoms with Gasteiger partial charge in [-0.1, -0.05) is 55.5 Å². The molecule has 1 aliphatic carbocycles. The third-order valence-corrected chi connectivity index (χ3v) is 6.22. The number of carboxylic acid groups (broad SMARTS) is 1. The molecule has 0 aromatic heterocycles. The zero-order valence-corrected chi connectivity index (χ0v) is 20.9. The largest absolute Gasteiger partial charge is 0.480 e. The van der Waals surface area contributed by atoms with Crippen LogP contribution in [0.2, 0.25) is 0 Å². The zero-order valence-electron chi connectivity index (χ0n) is 20.9. The van der Waals surface area contributed by atoms with Crippen molar-refractivity contribution < 1.29 is 29.0 Å². The van der Waals surface area contributed by atoms with Crippen molar-refractivity contribution in [2.75, 3.05) is 13.2 Å². The molecule has 0 spiro atoms. The average molecular weight is 483 g/mol. The van der Waals surface area contributed by atoms with Gasteiger partial charge in [0, 0.05) is 5.92 Å². The number of carbonyl (C=O) groups is 3. The molecule has 8 heteroatoms. The Balaban J connectivity index is 1.65. The van der Waals surface area contributed by atoms with Crippen LogP contribution >= 0.6 is 0 Å². The molecule has 0 saturated heterocycles. The van der Waals surface area contributed by atoms with Crippen LogP contribution in [0.1, 0.15) is 58.1 Å². The summed E-state index contributed by atoms with van der Waals surface area (Å²) < 4.78 is 11.1. The van der Waals surface area contributed by atoms with Gasteiger partial charge >= 0.3 is 12.1 Å².